The highest BCUT2D eigenvalue weighted by atomic mass is 32.1. The van der Waals surface area contributed by atoms with Crippen molar-refractivity contribution in [3.05, 3.63) is 39.8 Å². The average molecular weight is 396 g/mol. The fourth-order valence-corrected chi connectivity index (χ4v) is 4.32. The largest absolute Gasteiger partial charge is 0.339 e. The lowest BCUT2D eigenvalue weighted by molar-refractivity contribution is 0.0638. The van der Waals surface area contributed by atoms with Gasteiger partial charge in [0, 0.05) is 19.3 Å². The van der Waals surface area contributed by atoms with Crippen LogP contribution < -0.4 is 5.56 Å². The second kappa shape index (κ2) is 6.87. The van der Waals surface area contributed by atoms with E-state index in [0.29, 0.717) is 28.9 Å². The van der Waals surface area contributed by atoms with Crippen molar-refractivity contribution in [2.75, 3.05) is 13.1 Å². The Bertz CT molecular complexity index is 1130. The molecule has 3 aromatic rings. The summed E-state index contributed by atoms with van der Waals surface area (Å²) >= 11 is 1.33. The van der Waals surface area contributed by atoms with Gasteiger partial charge in [-0.1, -0.05) is 0 Å². The molecule has 0 radical (unpaired) electrons. The number of hydrogen-bond donors (Lipinski definition) is 1. The van der Waals surface area contributed by atoms with Crippen LogP contribution in [0.4, 0.5) is 0 Å². The molecule has 0 spiro atoms. The Morgan fingerprint density at radius 3 is 2.86 bits per heavy atom. The SMILES string of the molecule is CC(C)(C#N)C1CCN(C(=O)c2cnn(-c3nc4ccsc4c(=O)[nH]3)c2)CC1. The average Bonchev–Trinajstić information content (AvgIpc) is 3.37. The number of nitriles is 1. The van der Waals surface area contributed by atoms with Gasteiger partial charge in [-0.05, 0) is 44.1 Å². The van der Waals surface area contributed by atoms with Crippen molar-refractivity contribution in [1.29, 1.82) is 5.26 Å². The summed E-state index contributed by atoms with van der Waals surface area (Å²) < 4.78 is 1.98. The van der Waals surface area contributed by atoms with Crippen LogP contribution >= 0.6 is 11.3 Å². The smallest absolute Gasteiger partial charge is 0.270 e. The van der Waals surface area contributed by atoms with Crippen molar-refractivity contribution in [2.24, 2.45) is 11.3 Å². The summed E-state index contributed by atoms with van der Waals surface area (Å²) in [5.74, 6) is 0.471. The molecule has 0 unspecified atom stereocenters. The molecule has 9 heteroatoms. The van der Waals surface area contributed by atoms with Crippen LogP contribution in [-0.4, -0.2) is 43.6 Å². The second-order valence-electron chi connectivity index (χ2n) is 7.60. The summed E-state index contributed by atoms with van der Waals surface area (Å²) in [6, 6.07) is 4.15. The summed E-state index contributed by atoms with van der Waals surface area (Å²) in [5.41, 5.74) is 0.457. The van der Waals surface area contributed by atoms with E-state index in [-0.39, 0.29) is 28.7 Å². The Hall–Kier alpha value is -2.99. The van der Waals surface area contributed by atoms with Crippen molar-refractivity contribution in [3.63, 3.8) is 0 Å². The van der Waals surface area contributed by atoms with E-state index in [1.54, 1.807) is 17.2 Å². The van der Waals surface area contributed by atoms with Gasteiger partial charge in [-0.3, -0.25) is 14.6 Å². The molecule has 1 fully saturated rings. The predicted molar refractivity (Wildman–Crippen MR) is 105 cm³/mol. The van der Waals surface area contributed by atoms with Gasteiger partial charge in [0.05, 0.1) is 28.8 Å². The van der Waals surface area contributed by atoms with Gasteiger partial charge in [0.15, 0.2) is 0 Å². The molecule has 1 aliphatic heterocycles. The number of piperidine rings is 1. The Kier molecular flexibility index (Phi) is 4.51. The van der Waals surface area contributed by atoms with Gasteiger partial charge >= 0.3 is 0 Å². The number of fused-ring (bicyclic) bond motifs is 1. The molecular formula is C19H20N6O2S. The number of hydrogen-bond acceptors (Lipinski definition) is 6. The standard InChI is InChI=1S/C19H20N6O2S/c1-19(2,11-20)13-3-6-24(7-4-13)17(27)12-9-21-25(10-12)18-22-14-5-8-28-15(14)16(26)23-18/h5,8-10,13H,3-4,6-7H2,1-2H3,(H,22,23,26). The Labute approximate surface area is 165 Å². The van der Waals surface area contributed by atoms with Crippen LogP contribution in [-0.2, 0) is 0 Å². The molecule has 3 aromatic heterocycles. The molecule has 4 rings (SSSR count). The summed E-state index contributed by atoms with van der Waals surface area (Å²) in [5, 5.41) is 15.3. The molecule has 0 atom stereocenters. The van der Waals surface area contributed by atoms with Gasteiger partial charge in [-0.15, -0.1) is 11.3 Å². The Balaban J connectivity index is 1.51. The first kappa shape index (κ1) is 18.4. The zero-order valence-corrected chi connectivity index (χ0v) is 16.5. The molecule has 0 saturated carbocycles. The molecule has 144 valence electrons. The van der Waals surface area contributed by atoms with E-state index in [9.17, 15) is 14.9 Å². The monoisotopic (exact) mass is 396 g/mol. The lowest BCUT2D eigenvalue weighted by Crippen LogP contribution is -2.41. The van der Waals surface area contributed by atoms with Gasteiger partial charge in [-0.2, -0.15) is 10.4 Å². The fraction of sp³-hybridized carbons (Fsp3) is 0.421. The van der Waals surface area contributed by atoms with Crippen LogP contribution in [0, 0.1) is 22.7 Å². The Morgan fingerprint density at radius 1 is 1.39 bits per heavy atom. The number of carbonyl (C=O) groups is 1. The van der Waals surface area contributed by atoms with Gasteiger partial charge in [0.2, 0.25) is 5.95 Å². The maximum Gasteiger partial charge on any atom is 0.270 e. The predicted octanol–water partition coefficient (Wildman–Crippen LogP) is 2.57. The number of likely N-dealkylation sites (tertiary alicyclic amines) is 1. The number of H-pyrrole nitrogens is 1. The normalized spacial score (nSPS) is 15.7. The zero-order valence-electron chi connectivity index (χ0n) is 15.7. The number of amides is 1. The van der Waals surface area contributed by atoms with Crippen molar-refractivity contribution in [2.45, 2.75) is 26.7 Å². The first-order chi connectivity index (χ1) is 13.4. The second-order valence-corrected chi connectivity index (χ2v) is 8.51. The molecule has 8 nitrogen and oxygen atoms in total. The molecular weight excluding hydrogens is 376 g/mol. The molecule has 0 aliphatic carbocycles. The third-order valence-corrected chi connectivity index (χ3v) is 6.34. The number of carbonyl (C=O) groups excluding carboxylic acids is 1. The van der Waals surface area contributed by atoms with Crippen molar-refractivity contribution < 1.29 is 4.79 Å². The zero-order chi connectivity index (χ0) is 19.9. The van der Waals surface area contributed by atoms with E-state index in [1.807, 2.05) is 19.2 Å². The minimum Gasteiger partial charge on any atom is -0.339 e. The van der Waals surface area contributed by atoms with Crippen LogP contribution in [0.25, 0.3) is 16.2 Å². The fourth-order valence-electron chi connectivity index (χ4n) is 3.60. The van der Waals surface area contributed by atoms with E-state index in [1.165, 1.54) is 22.2 Å². The summed E-state index contributed by atoms with van der Waals surface area (Å²) in [6.07, 6.45) is 4.70. The summed E-state index contributed by atoms with van der Waals surface area (Å²) in [6.45, 7) is 5.15. The van der Waals surface area contributed by atoms with Crippen LogP contribution in [0.3, 0.4) is 0 Å². The van der Waals surface area contributed by atoms with Crippen LogP contribution in [0.1, 0.15) is 37.0 Å². The maximum absolute atomic E-state index is 12.8. The van der Waals surface area contributed by atoms with Crippen LogP contribution in [0.15, 0.2) is 28.6 Å². The molecule has 28 heavy (non-hydrogen) atoms. The molecule has 4 heterocycles. The van der Waals surface area contributed by atoms with Crippen molar-refractivity contribution in [1.82, 2.24) is 24.6 Å². The first-order valence-corrected chi connectivity index (χ1v) is 10.00. The summed E-state index contributed by atoms with van der Waals surface area (Å²) in [4.78, 5) is 33.9. The number of thiophene rings is 1. The molecule has 0 aromatic carbocycles. The molecule has 1 saturated heterocycles. The third-order valence-electron chi connectivity index (χ3n) is 5.44. The highest BCUT2D eigenvalue weighted by Gasteiger charge is 2.34. The molecule has 0 bridgehead atoms. The minimum absolute atomic E-state index is 0.0987. The molecule has 1 N–H and O–H groups in total. The maximum atomic E-state index is 12.8. The van der Waals surface area contributed by atoms with Crippen LogP contribution in [0.2, 0.25) is 0 Å². The lowest BCUT2D eigenvalue weighted by atomic mass is 9.75. The van der Waals surface area contributed by atoms with E-state index in [2.05, 4.69) is 21.1 Å². The van der Waals surface area contributed by atoms with E-state index >= 15 is 0 Å². The number of nitrogens with zero attached hydrogens (tertiary/aromatic N) is 5. The van der Waals surface area contributed by atoms with Gasteiger partial charge in [0.25, 0.3) is 11.5 Å². The number of nitrogens with one attached hydrogen (secondary N) is 1. The topological polar surface area (TPSA) is 108 Å². The lowest BCUT2D eigenvalue weighted by Gasteiger charge is -2.37. The van der Waals surface area contributed by atoms with Crippen LogP contribution in [0.5, 0.6) is 0 Å². The number of aromatic nitrogens is 4. The Morgan fingerprint density at radius 2 is 2.14 bits per heavy atom. The number of aromatic amines is 1. The highest BCUT2D eigenvalue weighted by Crippen LogP contribution is 2.34. The van der Waals surface area contributed by atoms with E-state index in [0.717, 1.165) is 12.8 Å². The van der Waals surface area contributed by atoms with E-state index in [4.69, 9.17) is 0 Å². The van der Waals surface area contributed by atoms with Gasteiger partial charge in [0.1, 0.15) is 4.70 Å². The van der Waals surface area contributed by atoms with Crippen molar-refractivity contribution >= 4 is 27.5 Å². The number of rotatable bonds is 3. The molecule has 1 amide bonds. The van der Waals surface area contributed by atoms with Crippen molar-refractivity contribution in [3.8, 4) is 12.0 Å². The third kappa shape index (κ3) is 3.20. The van der Waals surface area contributed by atoms with Gasteiger partial charge in [-0.25, -0.2) is 9.67 Å². The van der Waals surface area contributed by atoms with Gasteiger partial charge < -0.3 is 4.90 Å². The highest BCUT2D eigenvalue weighted by molar-refractivity contribution is 7.17. The quantitative estimate of drug-likeness (QED) is 0.732. The molecule has 1 aliphatic rings. The van der Waals surface area contributed by atoms with E-state index < -0.39 is 0 Å². The summed E-state index contributed by atoms with van der Waals surface area (Å²) in [7, 11) is 0. The minimum atomic E-state index is -0.377. The first-order valence-electron chi connectivity index (χ1n) is 9.12.